The summed E-state index contributed by atoms with van der Waals surface area (Å²) >= 11 is 3.53. The molecule has 0 aliphatic rings. The van der Waals surface area contributed by atoms with Crippen molar-refractivity contribution in [2.45, 2.75) is 39.0 Å². The van der Waals surface area contributed by atoms with Crippen LogP contribution in [-0.4, -0.2) is 13.2 Å². The second-order valence-corrected chi connectivity index (χ2v) is 6.96. The lowest BCUT2D eigenvalue weighted by molar-refractivity contribution is 0.0303. The van der Waals surface area contributed by atoms with Gasteiger partial charge in [-0.1, -0.05) is 46.0 Å². The van der Waals surface area contributed by atoms with Crippen molar-refractivity contribution in [3.05, 3.63) is 74.1 Å². The van der Waals surface area contributed by atoms with Gasteiger partial charge in [0.05, 0.1) is 19.8 Å². The minimum absolute atomic E-state index is 0.197. The molecule has 0 spiro atoms. The van der Waals surface area contributed by atoms with Gasteiger partial charge in [0.15, 0.2) is 0 Å². The summed E-state index contributed by atoms with van der Waals surface area (Å²) in [4.78, 5) is 2.91. The van der Waals surface area contributed by atoms with Crippen LogP contribution < -0.4 is 4.74 Å². The average molecular weight is 428 g/mol. The van der Waals surface area contributed by atoms with Gasteiger partial charge in [-0.2, -0.15) is 0 Å². The first-order chi connectivity index (χ1) is 13.1. The Kier molecular flexibility index (Phi) is 8.22. The van der Waals surface area contributed by atoms with Gasteiger partial charge in [-0.25, -0.2) is 0 Å². The monoisotopic (exact) mass is 427 g/mol. The predicted molar refractivity (Wildman–Crippen MR) is 110 cm³/mol. The van der Waals surface area contributed by atoms with Crippen molar-refractivity contribution >= 4 is 15.9 Å². The van der Waals surface area contributed by atoms with Gasteiger partial charge in [0.1, 0.15) is 5.75 Å². The molecule has 0 bridgehead atoms. The Morgan fingerprint density at radius 3 is 2.59 bits per heavy atom. The molecule has 6 heteroatoms. The fraction of sp³-hybridized carbons (Fsp3) is 0.333. The number of benzene rings is 2. The topological polar surface area (TPSA) is 67.2 Å². The molecule has 0 saturated heterocycles. The van der Waals surface area contributed by atoms with E-state index in [0.717, 1.165) is 26.9 Å². The van der Waals surface area contributed by atoms with Crippen LogP contribution in [0.2, 0.25) is 0 Å². The highest BCUT2D eigenvalue weighted by Gasteiger charge is 2.19. The molecule has 0 radical (unpaired) electrons. The number of ether oxygens (including phenoxy) is 2. The number of rotatable bonds is 8. The van der Waals surface area contributed by atoms with Crippen LogP contribution in [0.3, 0.4) is 0 Å². The molecule has 2 atom stereocenters. The van der Waals surface area contributed by atoms with Crippen molar-refractivity contribution in [3.8, 4) is 17.6 Å². The van der Waals surface area contributed by atoms with Crippen LogP contribution in [0.5, 0.6) is 5.75 Å². The van der Waals surface area contributed by atoms with Gasteiger partial charge in [0.25, 0.3) is 0 Å². The van der Waals surface area contributed by atoms with Crippen molar-refractivity contribution < 1.29 is 9.47 Å². The van der Waals surface area contributed by atoms with Gasteiger partial charge in [0.2, 0.25) is 0 Å². The van der Waals surface area contributed by atoms with E-state index in [1.807, 2.05) is 56.3 Å². The minimum atomic E-state index is -0.249. The van der Waals surface area contributed by atoms with Crippen LogP contribution in [0.15, 0.2) is 52.1 Å². The van der Waals surface area contributed by atoms with Gasteiger partial charge in [-0.05, 0) is 60.3 Å². The fourth-order valence-corrected chi connectivity index (χ4v) is 3.08. The summed E-state index contributed by atoms with van der Waals surface area (Å²) in [5.41, 5.74) is 11.7. The number of hydrogen-bond donors (Lipinski definition) is 0. The molecule has 2 aromatic carbocycles. The van der Waals surface area contributed by atoms with Gasteiger partial charge >= 0.3 is 0 Å². The van der Waals surface area contributed by atoms with Crippen LogP contribution in [0.1, 0.15) is 43.1 Å². The smallest absolute Gasteiger partial charge is 0.118 e. The molecule has 2 rings (SSSR count). The molecule has 0 amide bonds. The Morgan fingerprint density at radius 1 is 1.22 bits per heavy atom. The third-order valence-corrected chi connectivity index (χ3v) is 4.53. The zero-order chi connectivity index (χ0) is 19.6. The highest BCUT2D eigenvalue weighted by atomic mass is 79.9. The maximum Gasteiger partial charge on any atom is 0.118 e. The third-order valence-electron chi connectivity index (χ3n) is 4.03. The molecule has 0 fully saturated rings. The first-order valence-corrected chi connectivity index (χ1v) is 9.37. The van der Waals surface area contributed by atoms with E-state index in [9.17, 15) is 0 Å². The second-order valence-electron chi connectivity index (χ2n) is 6.04. The zero-order valence-electron chi connectivity index (χ0n) is 15.6. The lowest BCUT2D eigenvalue weighted by Crippen LogP contribution is -2.12. The largest absolute Gasteiger partial charge is 0.497 e. The summed E-state index contributed by atoms with van der Waals surface area (Å²) in [6, 6.07) is 13.5. The number of hydrogen-bond acceptors (Lipinski definition) is 3. The maximum absolute atomic E-state index is 8.74. The molecule has 0 heterocycles. The van der Waals surface area contributed by atoms with Crippen LogP contribution in [0, 0.1) is 11.8 Å². The van der Waals surface area contributed by atoms with Crippen molar-refractivity contribution in [1.82, 2.24) is 0 Å². The average Bonchev–Trinajstić information content (AvgIpc) is 2.67. The van der Waals surface area contributed by atoms with Crippen LogP contribution in [-0.2, 0) is 11.3 Å². The lowest BCUT2D eigenvalue weighted by atomic mass is 9.97. The Balaban J connectivity index is 2.28. The molecule has 0 aliphatic carbocycles. The second kappa shape index (κ2) is 10.6. The van der Waals surface area contributed by atoms with Gasteiger partial charge in [-0.3, -0.25) is 0 Å². The molecular formula is C21H22BrN3O2. The van der Waals surface area contributed by atoms with E-state index in [0.29, 0.717) is 13.0 Å². The van der Waals surface area contributed by atoms with E-state index < -0.39 is 0 Å². The zero-order valence-corrected chi connectivity index (χ0v) is 17.2. The first kappa shape index (κ1) is 20.9. The molecule has 0 aromatic heterocycles. The van der Waals surface area contributed by atoms with E-state index in [2.05, 4.69) is 37.8 Å². The van der Waals surface area contributed by atoms with Gasteiger partial charge in [0, 0.05) is 21.0 Å². The third kappa shape index (κ3) is 6.33. The lowest BCUT2D eigenvalue weighted by Gasteiger charge is -2.22. The van der Waals surface area contributed by atoms with E-state index in [4.69, 9.17) is 15.0 Å². The number of methoxy groups -OCH3 is 1. The molecule has 2 unspecified atom stereocenters. The highest BCUT2D eigenvalue weighted by molar-refractivity contribution is 9.10. The summed E-state index contributed by atoms with van der Waals surface area (Å²) in [7, 11) is 1.64. The quantitative estimate of drug-likeness (QED) is 0.218. The predicted octanol–water partition coefficient (Wildman–Crippen LogP) is 6.18. The normalized spacial score (nSPS) is 12.3. The van der Waals surface area contributed by atoms with E-state index in [1.54, 1.807) is 7.11 Å². The Hall–Kier alpha value is -2.45. The standard InChI is InChI=1S/C21H22BrN3O2/c1-4-5-17-8-9-18(22)13-20(17)21(12-15(2)24-25-23)27-14-16-6-10-19(26-3)11-7-16/h6-11,13,15,21H,12,14H2,1-3H3. The maximum atomic E-state index is 8.74. The SMILES string of the molecule is CC#Cc1ccc(Br)cc1C(CC(C)N=[N+]=[N-])OCc1ccc(OC)cc1. The van der Waals surface area contributed by atoms with Gasteiger partial charge < -0.3 is 9.47 Å². The number of halogens is 1. The van der Waals surface area contributed by atoms with Gasteiger partial charge in [-0.15, -0.1) is 5.92 Å². The van der Waals surface area contributed by atoms with Crippen LogP contribution in [0.25, 0.3) is 10.4 Å². The summed E-state index contributed by atoms with van der Waals surface area (Å²) in [5.74, 6) is 6.88. The van der Waals surface area contributed by atoms with Crippen molar-refractivity contribution in [3.63, 3.8) is 0 Å². The Morgan fingerprint density at radius 2 is 1.96 bits per heavy atom. The van der Waals surface area contributed by atoms with E-state index in [-0.39, 0.29) is 12.1 Å². The Labute approximate surface area is 168 Å². The van der Waals surface area contributed by atoms with E-state index >= 15 is 0 Å². The number of nitrogens with zero attached hydrogens (tertiary/aromatic N) is 3. The fourth-order valence-electron chi connectivity index (χ4n) is 2.70. The van der Waals surface area contributed by atoms with Crippen molar-refractivity contribution in [2.24, 2.45) is 5.11 Å². The molecule has 27 heavy (non-hydrogen) atoms. The van der Waals surface area contributed by atoms with Crippen molar-refractivity contribution in [1.29, 1.82) is 0 Å². The molecule has 2 aromatic rings. The summed E-state index contributed by atoms with van der Waals surface area (Å²) in [6.45, 7) is 4.12. The van der Waals surface area contributed by atoms with Crippen LogP contribution >= 0.6 is 15.9 Å². The summed E-state index contributed by atoms with van der Waals surface area (Å²) < 4.78 is 12.4. The molecule has 140 valence electrons. The Bertz CT molecular complexity index is 865. The summed E-state index contributed by atoms with van der Waals surface area (Å²) in [6.07, 6.45) is 0.315. The summed E-state index contributed by atoms with van der Waals surface area (Å²) in [5, 5.41) is 3.80. The molecular weight excluding hydrogens is 406 g/mol. The van der Waals surface area contributed by atoms with Crippen molar-refractivity contribution in [2.75, 3.05) is 7.11 Å². The molecule has 5 nitrogen and oxygen atoms in total. The molecule has 0 aliphatic heterocycles. The number of azide groups is 1. The highest BCUT2D eigenvalue weighted by Crippen LogP contribution is 2.30. The molecule has 0 saturated carbocycles. The van der Waals surface area contributed by atoms with E-state index in [1.165, 1.54) is 0 Å². The van der Waals surface area contributed by atoms with Crippen LogP contribution in [0.4, 0.5) is 0 Å². The minimum Gasteiger partial charge on any atom is -0.497 e. The first-order valence-electron chi connectivity index (χ1n) is 8.58. The molecule has 0 N–H and O–H groups in total.